The summed E-state index contributed by atoms with van der Waals surface area (Å²) in [6.45, 7) is 3.34. The van der Waals surface area contributed by atoms with Crippen molar-refractivity contribution in [2.45, 2.75) is 45.1 Å². The van der Waals surface area contributed by atoms with Crippen LogP contribution >= 0.6 is 0 Å². The maximum atomic E-state index is 5.58. The minimum atomic E-state index is 0.635. The summed E-state index contributed by atoms with van der Waals surface area (Å²) in [7, 11) is 0. The molecule has 1 heteroatoms. The van der Waals surface area contributed by atoms with E-state index in [1.807, 2.05) is 0 Å². The standard InChI is InChI=1S/C10H18O/c1-8-7-11-10(8)9-5-3-2-4-6-9/h8-10H,2-7H2,1H3/t8-,10-/m1/s1. The van der Waals surface area contributed by atoms with E-state index in [1.54, 1.807) is 0 Å². The van der Waals surface area contributed by atoms with Crippen molar-refractivity contribution < 1.29 is 4.74 Å². The highest BCUT2D eigenvalue weighted by atomic mass is 16.5. The van der Waals surface area contributed by atoms with E-state index in [0.29, 0.717) is 6.10 Å². The molecular formula is C10H18O. The van der Waals surface area contributed by atoms with Gasteiger partial charge < -0.3 is 4.74 Å². The van der Waals surface area contributed by atoms with Crippen molar-refractivity contribution in [1.82, 2.24) is 0 Å². The maximum Gasteiger partial charge on any atom is 0.0650 e. The van der Waals surface area contributed by atoms with Gasteiger partial charge in [0.25, 0.3) is 0 Å². The molecule has 1 heterocycles. The van der Waals surface area contributed by atoms with Gasteiger partial charge in [-0.2, -0.15) is 0 Å². The Kier molecular flexibility index (Phi) is 2.17. The molecule has 1 nitrogen and oxygen atoms in total. The molecule has 1 aliphatic carbocycles. The lowest BCUT2D eigenvalue weighted by atomic mass is 9.79. The monoisotopic (exact) mass is 154 g/mol. The van der Waals surface area contributed by atoms with Crippen LogP contribution in [0.3, 0.4) is 0 Å². The SMILES string of the molecule is C[C@@H]1CO[C@H]1C1CCCCC1. The Labute approximate surface area is 69.1 Å². The first-order chi connectivity index (χ1) is 5.38. The number of ether oxygens (including phenoxy) is 1. The molecule has 0 aromatic heterocycles. The van der Waals surface area contributed by atoms with E-state index < -0.39 is 0 Å². The molecule has 2 rings (SSSR count). The van der Waals surface area contributed by atoms with Crippen molar-refractivity contribution in [2.24, 2.45) is 11.8 Å². The van der Waals surface area contributed by atoms with Crippen LogP contribution in [0.2, 0.25) is 0 Å². The van der Waals surface area contributed by atoms with Crippen molar-refractivity contribution in [2.75, 3.05) is 6.61 Å². The lowest BCUT2D eigenvalue weighted by Crippen LogP contribution is -2.43. The molecule has 0 aromatic rings. The van der Waals surface area contributed by atoms with Crippen LogP contribution in [0.15, 0.2) is 0 Å². The molecule has 0 N–H and O–H groups in total. The van der Waals surface area contributed by atoms with Crippen LogP contribution in [0, 0.1) is 11.8 Å². The zero-order valence-corrected chi connectivity index (χ0v) is 7.38. The van der Waals surface area contributed by atoms with Gasteiger partial charge in [0.2, 0.25) is 0 Å². The Morgan fingerprint density at radius 1 is 1.09 bits per heavy atom. The van der Waals surface area contributed by atoms with Crippen LogP contribution in [0.1, 0.15) is 39.0 Å². The molecule has 0 radical (unpaired) electrons. The largest absolute Gasteiger partial charge is 0.377 e. The van der Waals surface area contributed by atoms with Crippen LogP contribution < -0.4 is 0 Å². The van der Waals surface area contributed by atoms with Gasteiger partial charge in [-0.1, -0.05) is 26.2 Å². The van der Waals surface area contributed by atoms with Crippen LogP contribution in [0.25, 0.3) is 0 Å². The topological polar surface area (TPSA) is 9.23 Å². The molecule has 64 valence electrons. The first kappa shape index (κ1) is 7.60. The van der Waals surface area contributed by atoms with Gasteiger partial charge in [-0.3, -0.25) is 0 Å². The summed E-state index contributed by atoms with van der Waals surface area (Å²) >= 11 is 0. The van der Waals surface area contributed by atoms with Gasteiger partial charge in [-0.25, -0.2) is 0 Å². The molecule has 1 saturated carbocycles. The van der Waals surface area contributed by atoms with E-state index in [-0.39, 0.29) is 0 Å². The molecule has 11 heavy (non-hydrogen) atoms. The fourth-order valence-electron chi connectivity index (χ4n) is 2.46. The van der Waals surface area contributed by atoms with Crippen molar-refractivity contribution in [1.29, 1.82) is 0 Å². The zero-order valence-electron chi connectivity index (χ0n) is 7.38. The summed E-state index contributed by atoms with van der Waals surface area (Å²) in [4.78, 5) is 0. The number of rotatable bonds is 1. The fourth-order valence-corrected chi connectivity index (χ4v) is 2.46. The predicted molar refractivity (Wildman–Crippen MR) is 45.5 cm³/mol. The van der Waals surface area contributed by atoms with Crippen molar-refractivity contribution in [3.63, 3.8) is 0 Å². The third kappa shape index (κ3) is 1.44. The number of hydrogen-bond acceptors (Lipinski definition) is 1. The van der Waals surface area contributed by atoms with Gasteiger partial charge in [0.05, 0.1) is 12.7 Å². The second-order valence-electron chi connectivity index (χ2n) is 4.17. The van der Waals surface area contributed by atoms with Crippen molar-refractivity contribution >= 4 is 0 Å². The third-order valence-electron chi connectivity index (χ3n) is 3.23. The first-order valence-electron chi connectivity index (χ1n) is 4.99. The quantitative estimate of drug-likeness (QED) is 0.564. The Morgan fingerprint density at radius 3 is 2.27 bits per heavy atom. The molecule has 1 aliphatic heterocycles. The van der Waals surface area contributed by atoms with E-state index in [2.05, 4.69) is 6.92 Å². The van der Waals surface area contributed by atoms with Gasteiger partial charge in [0, 0.05) is 5.92 Å². The second-order valence-corrected chi connectivity index (χ2v) is 4.17. The molecule has 0 aromatic carbocycles. The summed E-state index contributed by atoms with van der Waals surface area (Å²) in [6.07, 6.45) is 7.83. The Bertz CT molecular complexity index is 127. The summed E-state index contributed by atoms with van der Waals surface area (Å²) in [6, 6.07) is 0. The van der Waals surface area contributed by atoms with Crippen LogP contribution in [-0.2, 0) is 4.74 Å². The molecular weight excluding hydrogens is 136 g/mol. The fraction of sp³-hybridized carbons (Fsp3) is 1.00. The van der Waals surface area contributed by atoms with Crippen molar-refractivity contribution in [3.8, 4) is 0 Å². The van der Waals surface area contributed by atoms with E-state index in [4.69, 9.17) is 4.74 Å². The van der Waals surface area contributed by atoms with Crippen LogP contribution in [0.4, 0.5) is 0 Å². The van der Waals surface area contributed by atoms with E-state index in [1.165, 1.54) is 32.1 Å². The number of hydrogen-bond donors (Lipinski definition) is 0. The molecule has 0 spiro atoms. The average Bonchev–Trinajstić information content (AvgIpc) is 2.04. The molecule has 0 amide bonds. The zero-order chi connectivity index (χ0) is 7.68. The summed E-state index contributed by atoms with van der Waals surface area (Å²) in [5, 5.41) is 0. The Morgan fingerprint density at radius 2 is 1.82 bits per heavy atom. The Hall–Kier alpha value is -0.0400. The molecule has 0 bridgehead atoms. The smallest absolute Gasteiger partial charge is 0.0650 e. The Balaban J connectivity index is 1.83. The van der Waals surface area contributed by atoms with Crippen molar-refractivity contribution in [3.05, 3.63) is 0 Å². The first-order valence-corrected chi connectivity index (χ1v) is 4.99. The molecule has 2 atom stereocenters. The summed E-state index contributed by atoms with van der Waals surface area (Å²) in [5.74, 6) is 1.76. The highest BCUT2D eigenvalue weighted by molar-refractivity contribution is 4.83. The van der Waals surface area contributed by atoms with E-state index in [9.17, 15) is 0 Å². The minimum absolute atomic E-state index is 0.635. The van der Waals surface area contributed by atoms with Gasteiger partial charge in [-0.05, 0) is 18.8 Å². The third-order valence-corrected chi connectivity index (χ3v) is 3.23. The van der Waals surface area contributed by atoms with E-state index in [0.717, 1.165) is 18.4 Å². The summed E-state index contributed by atoms with van der Waals surface area (Å²) < 4.78 is 5.58. The lowest BCUT2D eigenvalue weighted by molar-refractivity contribution is -0.142. The van der Waals surface area contributed by atoms with Gasteiger partial charge in [0.1, 0.15) is 0 Å². The molecule has 0 unspecified atom stereocenters. The summed E-state index contributed by atoms with van der Waals surface area (Å²) in [5.41, 5.74) is 0. The maximum absolute atomic E-state index is 5.58. The van der Waals surface area contributed by atoms with E-state index >= 15 is 0 Å². The second kappa shape index (κ2) is 3.14. The lowest BCUT2D eigenvalue weighted by Gasteiger charge is -2.41. The molecule has 2 fully saturated rings. The molecule has 2 aliphatic rings. The normalized spacial score (nSPS) is 40.1. The average molecular weight is 154 g/mol. The van der Waals surface area contributed by atoms with Crippen LogP contribution in [-0.4, -0.2) is 12.7 Å². The van der Waals surface area contributed by atoms with Gasteiger partial charge in [0.15, 0.2) is 0 Å². The van der Waals surface area contributed by atoms with Crippen LogP contribution in [0.5, 0.6) is 0 Å². The highest BCUT2D eigenvalue weighted by Crippen LogP contribution is 2.35. The highest BCUT2D eigenvalue weighted by Gasteiger charge is 2.35. The van der Waals surface area contributed by atoms with Gasteiger partial charge >= 0.3 is 0 Å². The van der Waals surface area contributed by atoms with Gasteiger partial charge in [-0.15, -0.1) is 0 Å². The predicted octanol–water partition coefficient (Wildman–Crippen LogP) is 2.60. The minimum Gasteiger partial charge on any atom is -0.377 e. The molecule has 1 saturated heterocycles.